The van der Waals surface area contributed by atoms with E-state index in [1.54, 1.807) is 0 Å². The van der Waals surface area contributed by atoms with Crippen LogP contribution in [0.25, 0.3) is 0 Å². The maximum absolute atomic E-state index is 2.90. The molecule has 0 aliphatic heterocycles. The van der Waals surface area contributed by atoms with Crippen molar-refractivity contribution in [3.8, 4) is 0 Å². The van der Waals surface area contributed by atoms with Gasteiger partial charge in [0.15, 0.2) is 0 Å². The van der Waals surface area contributed by atoms with Crippen LogP contribution in [0.5, 0.6) is 0 Å². The molecule has 0 fully saturated rings. The molecule has 0 radical (unpaired) electrons. The van der Waals surface area contributed by atoms with Gasteiger partial charge in [0.25, 0.3) is 0 Å². The molecular weight excluding hydrogens is 255 g/mol. The number of hydrogen-bond acceptors (Lipinski definition) is 0. The molecule has 44 valence electrons. The van der Waals surface area contributed by atoms with Crippen LogP contribution in [-0.4, -0.2) is 39.1 Å². The van der Waals surface area contributed by atoms with Gasteiger partial charge < -0.3 is 17.0 Å². The van der Waals surface area contributed by atoms with Crippen molar-refractivity contribution in [3.63, 3.8) is 0 Å². The predicted molar refractivity (Wildman–Crippen MR) is 37.6 cm³/mol. The Kier molecular flexibility index (Phi) is 9.97. The Morgan fingerprint density at radius 2 is 1.44 bits per heavy atom. The van der Waals surface area contributed by atoms with E-state index in [0.29, 0.717) is 0 Å². The Bertz CT molecular complexity index is 143. The van der Waals surface area contributed by atoms with Crippen LogP contribution in [0.1, 0.15) is 0 Å². The van der Waals surface area contributed by atoms with Crippen molar-refractivity contribution < 1.29 is 17.0 Å². The topological polar surface area (TPSA) is 0 Å². The summed E-state index contributed by atoms with van der Waals surface area (Å²) in [6.07, 6.45) is 0. The number of hydrogen-bond donors (Lipinski definition) is 0. The first kappa shape index (κ1) is 12.6. The van der Waals surface area contributed by atoms with Crippen molar-refractivity contribution >= 4 is 43.5 Å². The van der Waals surface area contributed by atoms with Crippen molar-refractivity contribution in [2.45, 2.75) is 0 Å². The number of benzene rings is 1. The van der Waals surface area contributed by atoms with Crippen LogP contribution in [-0.2, 0) is 0 Å². The molecule has 0 saturated heterocycles. The van der Waals surface area contributed by atoms with Crippen LogP contribution in [0.3, 0.4) is 0 Å². The minimum atomic E-state index is 0. The number of halogens is 1. The Hall–Kier alpha value is 0.986. The first-order valence-electron chi connectivity index (χ1n) is 2.11. The molecule has 0 saturated carbocycles. The van der Waals surface area contributed by atoms with Gasteiger partial charge in [-0.25, -0.2) is 0 Å². The molecule has 0 aromatic heterocycles. The van der Waals surface area contributed by atoms with Gasteiger partial charge in [-0.05, 0) is 0 Å². The van der Waals surface area contributed by atoms with Crippen LogP contribution in [0.4, 0.5) is 0 Å². The third kappa shape index (κ3) is 5.43. The van der Waals surface area contributed by atoms with Gasteiger partial charge >= 0.3 is 73.9 Å². The van der Waals surface area contributed by atoms with Gasteiger partial charge in [-0.15, -0.1) is 0 Å². The molecular formula is C6H5BrMgSe. The molecule has 0 N–H and O–H groups in total. The first-order chi connectivity index (χ1) is 3.39. The van der Waals surface area contributed by atoms with E-state index in [-0.39, 0.29) is 40.0 Å². The standard InChI is InChI=1S/C6H6Se.BrH.Mg/c7-6-4-2-1-3-5-6;;/h1-5,7H;1H;/q;;+2/p-2. The summed E-state index contributed by atoms with van der Waals surface area (Å²) in [6, 6.07) is 10.1. The summed E-state index contributed by atoms with van der Waals surface area (Å²) < 4.78 is 1.20. The molecule has 0 aliphatic rings. The molecule has 1 rings (SSSR count). The van der Waals surface area contributed by atoms with E-state index < -0.39 is 0 Å². The van der Waals surface area contributed by atoms with Gasteiger partial charge in [-0.1, -0.05) is 0 Å². The second-order valence-corrected chi connectivity index (χ2v) is 2.30. The average molecular weight is 260 g/mol. The molecule has 0 aliphatic carbocycles. The van der Waals surface area contributed by atoms with Crippen molar-refractivity contribution in [2.75, 3.05) is 0 Å². The van der Waals surface area contributed by atoms with E-state index in [4.69, 9.17) is 0 Å². The molecule has 0 nitrogen and oxygen atoms in total. The Morgan fingerprint density at radius 1 is 1.00 bits per heavy atom. The summed E-state index contributed by atoms with van der Waals surface area (Å²) >= 11 is 2.90. The van der Waals surface area contributed by atoms with Gasteiger partial charge in [-0.2, -0.15) is 0 Å². The summed E-state index contributed by atoms with van der Waals surface area (Å²) in [6.45, 7) is 0. The number of rotatable bonds is 0. The molecule has 0 amide bonds. The van der Waals surface area contributed by atoms with Crippen molar-refractivity contribution in [3.05, 3.63) is 30.3 Å². The van der Waals surface area contributed by atoms with E-state index in [0.717, 1.165) is 0 Å². The van der Waals surface area contributed by atoms with E-state index >= 15 is 0 Å². The predicted octanol–water partition coefficient (Wildman–Crippen LogP) is -2.90. The summed E-state index contributed by atoms with van der Waals surface area (Å²) in [4.78, 5) is 0. The van der Waals surface area contributed by atoms with E-state index in [9.17, 15) is 0 Å². The second kappa shape index (κ2) is 7.10. The van der Waals surface area contributed by atoms with E-state index in [1.165, 1.54) is 4.46 Å². The summed E-state index contributed by atoms with van der Waals surface area (Å²) in [5.41, 5.74) is 0. The zero-order valence-electron chi connectivity index (χ0n) is 4.88. The molecule has 1 aromatic rings. The Morgan fingerprint density at radius 3 is 1.67 bits per heavy atom. The zero-order valence-corrected chi connectivity index (χ0v) is 9.59. The molecule has 0 bridgehead atoms. The van der Waals surface area contributed by atoms with Crippen molar-refractivity contribution in [1.29, 1.82) is 0 Å². The fourth-order valence-corrected chi connectivity index (χ4v) is 0.750. The van der Waals surface area contributed by atoms with E-state index in [2.05, 4.69) is 16.0 Å². The van der Waals surface area contributed by atoms with Gasteiger partial charge in [0.2, 0.25) is 0 Å². The quantitative estimate of drug-likeness (QED) is 0.439. The second-order valence-electron chi connectivity index (χ2n) is 1.31. The van der Waals surface area contributed by atoms with Crippen LogP contribution >= 0.6 is 0 Å². The zero-order chi connectivity index (χ0) is 5.11. The van der Waals surface area contributed by atoms with Crippen LogP contribution < -0.4 is 21.4 Å². The fraction of sp³-hybridized carbons (Fsp3) is 0. The maximum atomic E-state index is 2.90. The van der Waals surface area contributed by atoms with Gasteiger partial charge in [-0.3, -0.25) is 0 Å². The van der Waals surface area contributed by atoms with Crippen LogP contribution in [0, 0.1) is 0 Å². The van der Waals surface area contributed by atoms with Gasteiger partial charge in [0, 0.05) is 0 Å². The van der Waals surface area contributed by atoms with Crippen LogP contribution in [0.15, 0.2) is 30.3 Å². The SMILES string of the molecule is [Br-].[Mg+2].[Se-]c1ccccc1. The third-order valence-corrected chi connectivity index (χ3v) is 1.31. The molecule has 1 aromatic carbocycles. The van der Waals surface area contributed by atoms with Crippen LogP contribution in [0.2, 0.25) is 0 Å². The molecule has 0 heterocycles. The van der Waals surface area contributed by atoms with E-state index in [1.807, 2.05) is 30.3 Å². The summed E-state index contributed by atoms with van der Waals surface area (Å²) in [5.74, 6) is 0. The normalized spacial score (nSPS) is 6.67. The third-order valence-electron chi connectivity index (χ3n) is 0.743. The summed E-state index contributed by atoms with van der Waals surface area (Å²) in [7, 11) is 0. The molecule has 0 spiro atoms. The fourth-order valence-electron chi connectivity index (χ4n) is 0.420. The molecule has 0 unspecified atom stereocenters. The molecule has 3 heteroatoms. The van der Waals surface area contributed by atoms with Gasteiger partial charge in [0.1, 0.15) is 0 Å². The molecule has 9 heavy (non-hydrogen) atoms. The average Bonchev–Trinajstić information content (AvgIpc) is 1.69. The monoisotopic (exact) mass is 260 g/mol. The van der Waals surface area contributed by atoms with Gasteiger partial charge in [0.05, 0.1) is 0 Å². The Labute approximate surface area is 90.1 Å². The van der Waals surface area contributed by atoms with Crippen molar-refractivity contribution in [2.24, 2.45) is 0 Å². The first-order valence-corrected chi connectivity index (χ1v) is 2.97. The van der Waals surface area contributed by atoms with Crippen molar-refractivity contribution in [1.82, 2.24) is 0 Å². The minimum absolute atomic E-state index is 0. The summed E-state index contributed by atoms with van der Waals surface area (Å²) in [5, 5.41) is 0. The molecule has 0 atom stereocenters. The Balaban J connectivity index is 0.